The van der Waals surface area contributed by atoms with Crippen LogP contribution in [0.1, 0.15) is 0 Å². The zero-order chi connectivity index (χ0) is 15.6. The maximum absolute atomic E-state index is 5.72. The van der Waals surface area contributed by atoms with Crippen LogP contribution in [0.3, 0.4) is 0 Å². The number of hydrogen-bond donors (Lipinski definition) is 0. The number of nitrogens with zero attached hydrogens (tertiary/aromatic N) is 3. The van der Waals surface area contributed by atoms with E-state index >= 15 is 0 Å². The lowest BCUT2D eigenvalue weighted by atomic mass is 10.2. The summed E-state index contributed by atoms with van der Waals surface area (Å²) in [6, 6.07) is 19.7. The van der Waals surface area contributed by atoms with Crippen molar-refractivity contribution in [3.63, 3.8) is 0 Å². The van der Waals surface area contributed by atoms with Crippen molar-refractivity contribution in [2.75, 3.05) is 0 Å². The van der Waals surface area contributed by atoms with Gasteiger partial charge in [0.2, 0.25) is 0 Å². The molecule has 0 fully saturated rings. The minimum Gasteiger partial charge on any atom is -0.448 e. The van der Waals surface area contributed by atoms with Crippen LogP contribution in [-0.4, -0.2) is 14.8 Å². The van der Waals surface area contributed by atoms with Crippen LogP contribution in [0.4, 0.5) is 0 Å². The Morgan fingerprint density at radius 1 is 0.957 bits per heavy atom. The van der Waals surface area contributed by atoms with Crippen LogP contribution in [0.2, 0.25) is 0 Å². The topological polar surface area (TPSA) is 43.9 Å². The summed E-state index contributed by atoms with van der Waals surface area (Å²) in [6.45, 7) is 0. The van der Waals surface area contributed by atoms with Crippen molar-refractivity contribution in [2.45, 2.75) is 0 Å². The first-order valence-corrected chi connectivity index (χ1v) is 7.92. The molecule has 0 aliphatic heterocycles. The number of para-hydroxylation sites is 1. The van der Waals surface area contributed by atoms with E-state index in [0.717, 1.165) is 28.4 Å². The first kappa shape index (κ1) is 14.0. The fraction of sp³-hybridized carbons (Fsp3) is 0. The maximum Gasteiger partial charge on any atom is 0.169 e. The summed E-state index contributed by atoms with van der Waals surface area (Å²) in [4.78, 5) is 4.17. The first-order valence-electron chi connectivity index (χ1n) is 7.13. The van der Waals surface area contributed by atoms with Gasteiger partial charge in [-0.15, -0.1) is 0 Å². The van der Waals surface area contributed by atoms with Crippen molar-refractivity contribution in [3.05, 3.63) is 77.7 Å². The molecular formula is C18H12BrN3O. The minimum atomic E-state index is 0.691. The van der Waals surface area contributed by atoms with Crippen LogP contribution in [0.25, 0.3) is 28.4 Å². The second-order valence-corrected chi connectivity index (χ2v) is 5.79. The quantitative estimate of drug-likeness (QED) is 0.515. The van der Waals surface area contributed by atoms with E-state index in [-0.39, 0.29) is 0 Å². The lowest BCUT2D eigenvalue weighted by Gasteiger charge is -2.04. The van der Waals surface area contributed by atoms with Crippen molar-refractivity contribution in [1.29, 1.82) is 0 Å². The molecule has 4 rings (SSSR count). The lowest BCUT2D eigenvalue weighted by molar-refractivity contribution is 0.551. The highest BCUT2D eigenvalue weighted by molar-refractivity contribution is 9.10. The molecule has 0 N–H and O–H groups in total. The van der Waals surface area contributed by atoms with E-state index in [4.69, 9.17) is 9.52 Å². The van der Waals surface area contributed by atoms with Gasteiger partial charge in [0.05, 0.1) is 11.4 Å². The Bertz CT molecular complexity index is 929. The molecule has 0 atom stereocenters. The number of hydrogen-bond acceptors (Lipinski definition) is 3. The molecule has 23 heavy (non-hydrogen) atoms. The Morgan fingerprint density at radius 3 is 2.52 bits per heavy atom. The Hall–Kier alpha value is -2.66. The van der Waals surface area contributed by atoms with Crippen molar-refractivity contribution in [1.82, 2.24) is 14.8 Å². The molecule has 0 aliphatic rings. The summed E-state index contributed by atoms with van der Waals surface area (Å²) in [5.41, 5.74) is 3.68. The third-order valence-corrected chi connectivity index (χ3v) is 3.92. The van der Waals surface area contributed by atoms with Gasteiger partial charge in [0.1, 0.15) is 5.69 Å². The lowest BCUT2D eigenvalue weighted by Crippen LogP contribution is -1.98. The van der Waals surface area contributed by atoms with Gasteiger partial charge in [0.25, 0.3) is 0 Å². The molecule has 0 spiro atoms. The van der Waals surface area contributed by atoms with Crippen molar-refractivity contribution in [3.8, 4) is 28.4 Å². The zero-order valence-corrected chi connectivity index (χ0v) is 13.6. The van der Waals surface area contributed by atoms with E-state index in [2.05, 4.69) is 20.9 Å². The summed E-state index contributed by atoms with van der Waals surface area (Å²) in [7, 11) is 0. The van der Waals surface area contributed by atoms with E-state index in [1.165, 1.54) is 0 Å². The molecule has 1 aromatic carbocycles. The van der Waals surface area contributed by atoms with E-state index < -0.39 is 0 Å². The van der Waals surface area contributed by atoms with E-state index in [1.807, 2.05) is 65.3 Å². The number of halogens is 1. The van der Waals surface area contributed by atoms with E-state index in [0.29, 0.717) is 4.67 Å². The largest absolute Gasteiger partial charge is 0.448 e. The van der Waals surface area contributed by atoms with Gasteiger partial charge in [-0.1, -0.05) is 18.2 Å². The summed E-state index contributed by atoms with van der Waals surface area (Å²) >= 11 is 3.36. The smallest absolute Gasteiger partial charge is 0.169 e. The normalized spacial score (nSPS) is 10.8. The van der Waals surface area contributed by atoms with Gasteiger partial charge in [-0.2, -0.15) is 5.10 Å². The highest BCUT2D eigenvalue weighted by Gasteiger charge is 2.15. The number of furan rings is 1. The summed E-state index contributed by atoms with van der Waals surface area (Å²) < 4.78 is 8.29. The van der Waals surface area contributed by atoms with Gasteiger partial charge in [-0.05, 0) is 58.4 Å². The molecule has 4 aromatic rings. The van der Waals surface area contributed by atoms with Crippen LogP contribution in [-0.2, 0) is 0 Å². The standard InChI is InChI=1S/C18H12BrN3O/c19-18-9-8-17(23-18)16-11-15(13-5-4-10-20-12-13)21-22(16)14-6-2-1-3-7-14/h1-12H. The van der Waals surface area contributed by atoms with Crippen molar-refractivity contribution in [2.24, 2.45) is 0 Å². The highest BCUT2D eigenvalue weighted by Crippen LogP contribution is 2.30. The Morgan fingerprint density at radius 2 is 1.83 bits per heavy atom. The SMILES string of the molecule is Brc1ccc(-c2cc(-c3cccnc3)nn2-c2ccccc2)o1. The third-order valence-electron chi connectivity index (χ3n) is 3.49. The fourth-order valence-electron chi connectivity index (χ4n) is 2.43. The first-order chi connectivity index (χ1) is 11.3. The van der Waals surface area contributed by atoms with Gasteiger partial charge >= 0.3 is 0 Å². The number of rotatable bonds is 3. The van der Waals surface area contributed by atoms with Gasteiger partial charge in [0, 0.05) is 18.0 Å². The predicted octanol–water partition coefficient (Wildman–Crippen LogP) is 4.96. The average Bonchev–Trinajstić information content (AvgIpc) is 3.23. The zero-order valence-electron chi connectivity index (χ0n) is 12.1. The summed E-state index contributed by atoms with van der Waals surface area (Å²) in [5, 5.41) is 4.74. The molecule has 112 valence electrons. The molecule has 3 heterocycles. The Labute approximate surface area is 141 Å². The molecule has 0 bridgehead atoms. The number of pyridine rings is 1. The number of benzene rings is 1. The van der Waals surface area contributed by atoms with Gasteiger partial charge in [-0.25, -0.2) is 4.68 Å². The van der Waals surface area contributed by atoms with Crippen LogP contribution in [0, 0.1) is 0 Å². The molecule has 0 amide bonds. The van der Waals surface area contributed by atoms with Crippen LogP contribution in [0.15, 0.2) is 82.1 Å². The van der Waals surface area contributed by atoms with Gasteiger partial charge < -0.3 is 4.42 Å². The van der Waals surface area contributed by atoms with Crippen LogP contribution >= 0.6 is 15.9 Å². The molecule has 0 radical (unpaired) electrons. The summed E-state index contributed by atoms with van der Waals surface area (Å²) in [5.74, 6) is 0.753. The summed E-state index contributed by atoms with van der Waals surface area (Å²) in [6.07, 6.45) is 3.56. The molecule has 0 aliphatic carbocycles. The monoisotopic (exact) mass is 365 g/mol. The van der Waals surface area contributed by atoms with Crippen LogP contribution in [0.5, 0.6) is 0 Å². The predicted molar refractivity (Wildman–Crippen MR) is 92.2 cm³/mol. The van der Waals surface area contributed by atoms with Gasteiger partial charge in [-0.3, -0.25) is 4.98 Å². The molecular weight excluding hydrogens is 354 g/mol. The molecule has 3 aromatic heterocycles. The Balaban J connectivity index is 1.91. The Kier molecular flexibility index (Phi) is 3.55. The second-order valence-electron chi connectivity index (χ2n) is 5.01. The fourth-order valence-corrected chi connectivity index (χ4v) is 2.74. The number of aromatic nitrogens is 3. The second kappa shape index (κ2) is 5.85. The van der Waals surface area contributed by atoms with Crippen molar-refractivity contribution < 1.29 is 4.42 Å². The van der Waals surface area contributed by atoms with E-state index in [9.17, 15) is 0 Å². The van der Waals surface area contributed by atoms with E-state index in [1.54, 1.807) is 12.4 Å². The maximum atomic E-state index is 5.72. The van der Waals surface area contributed by atoms with Crippen LogP contribution < -0.4 is 0 Å². The minimum absolute atomic E-state index is 0.691. The van der Waals surface area contributed by atoms with Gasteiger partial charge in [0.15, 0.2) is 10.4 Å². The molecule has 0 saturated heterocycles. The average molecular weight is 366 g/mol. The molecule has 5 heteroatoms. The third kappa shape index (κ3) is 2.71. The highest BCUT2D eigenvalue weighted by atomic mass is 79.9. The molecule has 4 nitrogen and oxygen atoms in total. The van der Waals surface area contributed by atoms with Crippen molar-refractivity contribution >= 4 is 15.9 Å². The molecule has 0 saturated carbocycles. The molecule has 0 unspecified atom stereocenters.